The Labute approximate surface area is 408 Å². The molecule has 20 atom stereocenters. The molecule has 0 radical (unpaired) electrons. The van der Waals surface area contributed by atoms with Gasteiger partial charge in [0, 0.05) is 0 Å². The summed E-state index contributed by atoms with van der Waals surface area (Å²) in [5.74, 6) is -2.19. The molecule has 1 rings (SSSR count). The van der Waals surface area contributed by atoms with Gasteiger partial charge in [-0.25, -0.2) is 4.98 Å². The van der Waals surface area contributed by atoms with E-state index in [-0.39, 0.29) is 143 Å². The van der Waals surface area contributed by atoms with Crippen LogP contribution in [0.1, 0.15) is 12.5 Å². The van der Waals surface area contributed by atoms with Crippen molar-refractivity contribution in [2.24, 2.45) is 5.92 Å². The third kappa shape index (κ3) is 27.7. The van der Waals surface area contributed by atoms with Gasteiger partial charge in [-0.05, 0) is 140 Å². The van der Waals surface area contributed by atoms with Gasteiger partial charge in [0.1, 0.15) is 0 Å². The molecule has 46 heteroatoms. The molecule has 1 heterocycles. The normalized spacial score (nSPS) is 12.7. The number of carbonyl (C=O) groups excluding carboxylic acids is 2. The van der Waals surface area contributed by atoms with E-state index in [9.17, 15) is 14.4 Å². The highest BCUT2D eigenvalue weighted by Crippen LogP contribution is 3.42. The molecule has 0 saturated heterocycles. The molecular formula is C11H56N2O6P38. The fourth-order valence-electron chi connectivity index (χ4n) is 3.07. The van der Waals surface area contributed by atoms with Crippen LogP contribution in [-0.4, -0.2) is 41.2 Å². The van der Waals surface area contributed by atoms with Crippen LogP contribution >= 0.6 is 304 Å². The van der Waals surface area contributed by atoms with Crippen molar-refractivity contribution in [1.29, 1.82) is 0 Å². The number of aromatic hydroxyl groups is 1. The molecule has 0 bridgehead atoms. The van der Waals surface area contributed by atoms with Gasteiger partial charge in [0.15, 0.2) is 5.92 Å². The topological polar surface area (TPSA) is 119 Å². The van der Waals surface area contributed by atoms with E-state index in [2.05, 4.69) is 198 Å². The number of hydrogen-bond acceptors (Lipinski definition) is 7. The Kier molecular flexibility index (Phi) is 51.5. The Morgan fingerprint density at radius 3 is 0.895 bits per heavy atom. The highest BCUT2D eigenvalue weighted by Gasteiger charge is 2.54. The number of hydrogen-bond donors (Lipinski definition) is 2. The molecule has 20 unspecified atom stereocenters. The van der Waals surface area contributed by atoms with Gasteiger partial charge in [0.25, 0.3) is 5.56 Å². The SMILES string of the molecule is COC(=O)C(C)C(=O)OC.Cc1c(O)nc[nH]c1=O.PP(P)P(P(P)P)P(P(P(P)P)P(P)P)P(P(P(P)P)P(P)P)P(P(P(P)P)P(P)P)P(P(P)P)P(P)P. The van der Waals surface area contributed by atoms with Crippen LogP contribution in [0.25, 0.3) is 0 Å². The van der Waals surface area contributed by atoms with Gasteiger partial charge in [0.05, 0.1) is 26.1 Å². The molecule has 0 fully saturated rings. The summed E-state index contributed by atoms with van der Waals surface area (Å²) in [6, 6.07) is 0. The highest BCUT2D eigenvalue weighted by molar-refractivity contribution is 9.48. The first-order valence-electron chi connectivity index (χ1n) is 13.8. The van der Waals surface area contributed by atoms with Crippen LogP contribution in [0.5, 0.6) is 5.88 Å². The minimum absolute atomic E-state index is 0.0326. The van der Waals surface area contributed by atoms with E-state index in [0.717, 1.165) is 6.33 Å². The van der Waals surface area contributed by atoms with Crippen LogP contribution in [0.2, 0.25) is 0 Å². The van der Waals surface area contributed by atoms with E-state index in [1.807, 2.05) is 0 Å². The molecule has 0 aromatic carbocycles. The first kappa shape index (κ1) is 73.0. The van der Waals surface area contributed by atoms with Gasteiger partial charge in [-0.2, -0.15) is 0 Å². The van der Waals surface area contributed by atoms with Crippen LogP contribution in [0.4, 0.5) is 0 Å². The number of ether oxygens (including phenoxy) is 2. The lowest BCUT2D eigenvalue weighted by molar-refractivity contribution is -0.157. The van der Waals surface area contributed by atoms with E-state index < -0.39 is 17.9 Å². The number of aromatic nitrogens is 2. The van der Waals surface area contributed by atoms with E-state index in [1.165, 1.54) is 28.1 Å². The molecule has 0 aliphatic heterocycles. The summed E-state index contributed by atoms with van der Waals surface area (Å²) in [7, 11) is 69.9. The maximum absolute atomic E-state index is 10.6. The number of methoxy groups -OCH3 is 2. The van der Waals surface area contributed by atoms with Crippen LogP contribution in [-0.2, 0) is 19.1 Å². The lowest BCUT2D eigenvalue weighted by Crippen LogP contribution is -2.23. The van der Waals surface area contributed by atoms with Crippen molar-refractivity contribution >= 4 is 316 Å². The quantitative estimate of drug-likeness (QED) is 0.0804. The third-order valence-corrected chi connectivity index (χ3v) is 260. The number of nitrogens with one attached hydrogen (secondary N) is 1. The second kappa shape index (κ2) is 40.2. The van der Waals surface area contributed by atoms with Gasteiger partial charge in [-0.15, -0.1) is 179 Å². The molecule has 0 aliphatic carbocycles. The van der Waals surface area contributed by atoms with Gasteiger partial charge in [-0.1, -0.05) is 0 Å². The van der Waals surface area contributed by atoms with Crippen molar-refractivity contribution in [2.45, 2.75) is 13.8 Å². The van der Waals surface area contributed by atoms with Crippen molar-refractivity contribution in [3.63, 3.8) is 0 Å². The Balaban J connectivity index is 0. The van der Waals surface area contributed by atoms with Gasteiger partial charge < -0.3 is 19.6 Å². The van der Waals surface area contributed by atoms with Crippen molar-refractivity contribution in [3.05, 3.63) is 22.2 Å². The lowest BCUT2D eigenvalue weighted by Gasteiger charge is -2.55. The van der Waals surface area contributed by atoms with Crippen molar-refractivity contribution in [1.82, 2.24) is 9.97 Å². The fraction of sp³-hybridized carbons (Fsp3) is 0.455. The van der Waals surface area contributed by atoms with E-state index >= 15 is 0 Å². The summed E-state index contributed by atoms with van der Waals surface area (Å²) < 4.78 is 8.59. The summed E-state index contributed by atoms with van der Waals surface area (Å²) in [4.78, 5) is 37.5. The van der Waals surface area contributed by atoms with Crippen LogP contribution in [0.3, 0.4) is 0 Å². The van der Waals surface area contributed by atoms with Gasteiger partial charge >= 0.3 is 11.9 Å². The van der Waals surface area contributed by atoms with Crippen molar-refractivity contribution < 1.29 is 24.2 Å². The van der Waals surface area contributed by atoms with Gasteiger partial charge in [-0.3, -0.25) is 14.4 Å². The smallest absolute Gasteiger partial charge is 0.319 e. The molecule has 8 nitrogen and oxygen atoms in total. The minimum atomic E-state index is -0.824. The predicted molar refractivity (Wildman–Crippen MR) is 383 cm³/mol. The second-order valence-electron chi connectivity index (χ2n) is 9.40. The van der Waals surface area contributed by atoms with Crippen molar-refractivity contribution in [2.75, 3.05) is 14.2 Å². The minimum Gasteiger partial charge on any atom is -0.493 e. The van der Waals surface area contributed by atoms with Crippen molar-refractivity contribution in [3.8, 4) is 5.88 Å². The zero-order chi connectivity index (χ0) is 45.4. The molecule has 0 spiro atoms. The Morgan fingerprint density at radius 2 is 0.737 bits per heavy atom. The zero-order valence-corrected chi connectivity index (χ0v) is 69.9. The monoisotopic (exact) mass is 1490 g/mol. The second-order valence-corrected chi connectivity index (χ2v) is 164. The first-order valence-corrected chi connectivity index (χ1v) is 82.3. The summed E-state index contributed by atoms with van der Waals surface area (Å²) in [5, 5.41) is 8.77. The summed E-state index contributed by atoms with van der Waals surface area (Å²) in [6.07, 6.45) is 1.16. The Bertz CT molecular complexity index is 1210. The van der Waals surface area contributed by atoms with Crippen LogP contribution < -0.4 is 5.56 Å². The predicted octanol–water partition coefficient (Wildman–Crippen LogP) is 21.8. The summed E-state index contributed by atoms with van der Waals surface area (Å²) in [5.41, 5.74) is -0.0556. The molecule has 1 aromatic rings. The maximum atomic E-state index is 10.6. The lowest BCUT2D eigenvalue weighted by atomic mass is 10.2. The highest BCUT2D eigenvalue weighted by atomic mass is 33.5. The summed E-state index contributed by atoms with van der Waals surface area (Å²) in [6.45, 7) is 1.48. The molecule has 57 heavy (non-hydrogen) atoms. The molecule has 2 N–H and O–H groups in total. The van der Waals surface area contributed by atoms with Crippen LogP contribution in [0.15, 0.2) is 11.1 Å². The Hall–Kier alpha value is 14.0. The fourth-order valence-corrected chi connectivity index (χ4v) is 527. The third-order valence-electron chi connectivity index (χ3n) is 5.35. The van der Waals surface area contributed by atoms with E-state index in [4.69, 9.17) is 5.11 Å². The van der Waals surface area contributed by atoms with Gasteiger partial charge in [0.2, 0.25) is 5.88 Å². The number of rotatable bonds is 19. The molecule has 336 valence electrons. The first-order chi connectivity index (χ1) is 26.1. The summed E-state index contributed by atoms with van der Waals surface area (Å²) >= 11 is 0. The molecule has 0 aliphatic rings. The molecule has 0 saturated carbocycles. The molecule has 0 amide bonds. The maximum Gasteiger partial charge on any atom is 0.319 e. The number of carbonyl (C=O) groups is 2. The number of esters is 2. The Morgan fingerprint density at radius 1 is 0.526 bits per heavy atom. The number of nitrogens with zero attached hydrogens (tertiary/aromatic N) is 1. The average molecular weight is 1490 g/mol. The van der Waals surface area contributed by atoms with E-state index in [1.54, 1.807) is 0 Å². The zero-order valence-electron chi connectivity index (χ0n) is 30.7. The average Bonchev–Trinajstić information content (AvgIpc) is 3.06. The number of H-pyrrole nitrogens is 1. The largest absolute Gasteiger partial charge is 0.493 e. The standard InChI is InChI=1S/C6H10O4.C5H6N2O2.H40P38/c1-4(5(7)9-2)6(8)10-3;1-3-4(8)6-2-7-5(3)9;1-21(2)31(22(3)4)36(32(23(5)6)24(7)8)38(35(29(17)18)30(19)20)37(33(25(9)10)26(11)12)34(27(13)14)28(15)16/h4H,1-3H3;2H,1H3,(H2,6,7,8,9);1-20H2. The molecular weight excluding hydrogens is 1430 g/mol. The number of aromatic amines is 1. The van der Waals surface area contributed by atoms with Crippen LogP contribution in [0, 0.1) is 12.8 Å². The molecule has 1 aromatic heterocycles. The van der Waals surface area contributed by atoms with E-state index in [0.29, 0.717) is 0 Å².